The zero-order valence-corrected chi connectivity index (χ0v) is 7.21. The van der Waals surface area contributed by atoms with Gasteiger partial charge in [0.05, 0.1) is 6.10 Å². The number of aliphatic hydroxyl groups excluding tert-OH is 1. The van der Waals surface area contributed by atoms with Crippen LogP contribution in [0.5, 0.6) is 5.75 Å². The van der Waals surface area contributed by atoms with Crippen molar-refractivity contribution in [2.75, 3.05) is 0 Å². The first-order chi connectivity index (χ1) is 6.09. The second kappa shape index (κ2) is 4.27. The van der Waals surface area contributed by atoms with Crippen LogP contribution in [0.25, 0.3) is 0 Å². The van der Waals surface area contributed by atoms with E-state index < -0.39 is 13.4 Å². The summed E-state index contributed by atoms with van der Waals surface area (Å²) in [4.78, 5) is 0. The molecule has 0 amide bonds. The Bertz CT molecular complexity index is 275. The van der Waals surface area contributed by atoms with Crippen molar-refractivity contribution in [1.82, 2.24) is 0 Å². The van der Waals surface area contributed by atoms with Crippen LogP contribution in [0, 0.1) is 0 Å². The standard InChI is InChI=1S/C8H11BO4/c1-6(10)7-3-2-4-8(5-7)13-9(11)12/h2-6,10-12H,1H3. The molecule has 0 saturated carbocycles. The largest absolute Gasteiger partial charge is 0.707 e. The van der Waals surface area contributed by atoms with Crippen LogP contribution in [0.1, 0.15) is 18.6 Å². The minimum atomic E-state index is -1.83. The lowest BCUT2D eigenvalue weighted by Gasteiger charge is -2.08. The fourth-order valence-electron chi connectivity index (χ4n) is 0.969. The monoisotopic (exact) mass is 182 g/mol. The smallest absolute Gasteiger partial charge is 0.512 e. The van der Waals surface area contributed by atoms with E-state index in [9.17, 15) is 5.11 Å². The molecule has 0 spiro atoms. The highest BCUT2D eigenvalue weighted by atomic mass is 16.6. The fraction of sp³-hybridized carbons (Fsp3) is 0.250. The summed E-state index contributed by atoms with van der Waals surface area (Å²) in [6.45, 7) is 1.62. The summed E-state index contributed by atoms with van der Waals surface area (Å²) >= 11 is 0. The number of aliphatic hydroxyl groups is 1. The molecule has 1 rings (SSSR count). The van der Waals surface area contributed by atoms with Gasteiger partial charge in [-0.25, -0.2) is 0 Å². The molecule has 0 aliphatic carbocycles. The molecule has 3 N–H and O–H groups in total. The second-order valence-electron chi connectivity index (χ2n) is 2.69. The van der Waals surface area contributed by atoms with Gasteiger partial charge in [-0.1, -0.05) is 12.1 Å². The topological polar surface area (TPSA) is 69.9 Å². The van der Waals surface area contributed by atoms with Crippen LogP contribution >= 0.6 is 0 Å². The molecular weight excluding hydrogens is 171 g/mol. The van der Waals surface area contributed by atoms with Gasteiger partial charge in [0, 0.05) is 0 Å². The molecule has 0 aliphatic heterocycles. The summed E-state index contributed by atoms with van der Waals surface area (Å²) in [5.74, 6) is 0.313. The molecule has 0 bridgehead atoms. The lowest BCUT2D eigenvalue weighted by atomic mass is 10.1. The van der Waals surface area contributed by atoms with Crippen LogP contribution < -0.4 is 4.65 Å². The maximum Gasteiger partial charge on any atom is 0.707 e. The molecule has 70 valence electrons. The summed E-state index contributed by atoms with van der Waals surface area (Å²) in [6, 6.07) is 6.51. The van der Waals surface area contributed by atoms with E-state index in [0.717, 1.165) is 0 Å². The quantitative estimate of drug-likeness (QED) is 0.579. The van der Waals surface area contributed by atoms with Crippen LogP contribution in [-0.2, 0) is 0 Å². The first-order valence-corrected chi connectivity index (χ1v) is 3.90. The zero-order chi connectivity index (χ0) is 9.84. The SMILES string of the molecule is CC(O)c1cccc(OB(O)O)c1. The van der Waals surface area contributed by atoms with E-state index in [1.54, 1.807) is 31.2 Å². The van der Waals surface area contributed by atoms with Crippen molar-refractivity contribution in [3.8, 4) is 5.75 Å². The van der Waals surface area contributed by atoms with E-state index in [2.05, 4.69) is 4.65 Å². The third-order valence-electron chi connectivity index (χ3n) is 1.58. The fourth-order valence-corrected chi connectivity index (χ4v) is 0.969. The van der Waals surface area contributed by atoms with E-state index >= 15 is 0 Å². The van der Waals surface area contributed by atoms with Gasteiger partial charge < -0.3 is 19.8 Å². The van der Waals surface area contributed by atoms with Crippen molar-refractivity contribution in [2.24, 2.45) is 0 Å². The predicted octanol–water partition coefficient (Wildman–Crippen LogP) is 0.0882. The molecule has 0 radical (unpaired) electrons. The van der Waals surface area contributed by atoms with Crippen molar-refractivity contribution in [2.45, 2.75) is 13.0 Å². The van der Waals surface area contributed by atoms with Crippen molar-refractivity contribution < 1.29 is 19.8 Å². The molecule has 1 unspecified atom stereocenters. The van der Waals surface area contributed by atoms with Crippen molar-refractivity contribution in [1.29, 1.82) is 0 Å². The zero-order valence-electron chi connectivity index (χ0n) is 7.21. The van der Waals surface area contributed by atoms with Gasteiger partial charge in [0.1, 0.15) is 5.75 Å². The molecule has 0 aliphatic rings. The average molecular weight is 182 g/mol. The normalized spacial score (nSPS) is 12.3. The molecular formula is C8H11BO4. The Morgan fingerprint density at radius 1 is 1.38 bits per heavy atom. The van der Waals surface area contributed by atoms with Crippen molar-refractivity contribution in [3.05, 3.63) is 29.8 Å². The molecule has 1 aromatic rings. The third-order valence-corrected chi connectivity index (χ3v) is 1.58. The Morgan fingerprint density at radius 2 is 2.08 bits per heavy atom. The molecule has 13 heavy (non-hydrogen) atoms. The Hall–Kier alpha value is -1.04. The molecule has 4 nitrogen and oxygen atoms in total. The summed E-state index contributed by atoms with van der Waals surface area (Å²) < 4.78 is 4.61. The Kier molecular flexibility index (Phi) is 3.30. The number of benzene rings is 1. The highest BCUT2D eigenvalue weighted by Crippen LogP contribution is 2.18. The maximum atomic E-state index is 9.20. The number of hydrogen-bond acceptors (Lipinski definition) is 4. The Morgan fingerprint density at radius 3 is 2.62 bits per heavy atom. The van der Waals surface area contributed by atoms with E-state index in [1.165, 1.54) is 0 Å². The molecule has 0 heterocycles. The van der Waals surface area contributed by atoms with E-state index in [-0.39, 0.29) is 0 Å². The molecule has 0 aromatic heterocycles. The minimum absolute atomic E-state index is 0.313. The van der Waals surface area contributed by atoms with Gasteiger partial charge in [-0.05, 0) is 24.6 Å². The van der Waals surface area contributed by atoms with Gasteiger partial charge in [-0.15, -0.1) is 0 Å². The van der Waals surface area contributed by atoms with Gasteiger partial charge in [0.25, 0.3) is 0 Å². The van der Waals surface area contributed by atoms with E-state index in [1.807, 2.05) is 0 Å². The third kappa shape index (κ3) is 3.06. The van der Waals surface area contributed by atoms with Crippen LogP contribution in [0.4, 0.5) is 0 Å². The van der Waals surface area contributed by atoms with Gasteiger partial charge >= 0.3 is 7.32 Å². The highest BCUT2D eigenvalue weighted by molar-refractivity contribution is 6.33. The van der Waals surface area contributed by atoms with Crippen LogP contribution in [0.3, 0.4) is 0 Å². The number of rotatable bonds is 3. The second-order valence-corrected chi connectivity index (χ2v) is 2.69. The lowest BCUT2D eigenvalue weighted by Crippen LogP contribution is -2.20. The molecule has 1 atom stereocenters. The Balaban J connectivity index is 2.79. The van der Waals surface area contributed by atoms with Crippen molar-refractivity contribution >= 4 is 7.32 Å². The van der Waals surface area contributed by atoms with Gasteiger partial charge in [-0.2, -0.15) is 0 Å². The van der Waals surface area contributed by atoms with Gasteiger partial charge in [0.2, 0.25) is 0 Å². The lowest BCUT2D eigenvalue weighted by molar-refractivity contribution is 0.198. The van der Waals surface area contributed by atoms with Crippen LogP contribution in [0.2, 0.25) is 0 Å². The van der Waals surface area contributed by atoms with Crippen LogP contribution in [-0.4, -0.2) is 22.5 Å². The summed E-state index contributed by atoms with van der Waals surface area (Å²) in [5.41, 5.74) is 0.665. The van der Waals surface area contributed by atoms with E-state index in [4.69, 9.17) is 10.0 Å². The summed E-state index contributed by atoms with van der Waals surface area (Å²) in [5, 5.41) is 26.2. The minimum Gasteiger partial charge on any atom is -0.512 e. The van der Waals surface area contributed by atoms with Crippen LogP contribution in [0.15, 0.2) is 24.3 Å². The van der Waals surface area contributed by atoms with E-state index in [0.29, 0.717) is 11.3 Å². The van der Waals surface area contributed by atoms with Gasteiger partial charge in [0.15, 0.2) is 0 Å². The molecule has 0 fully saturated rings. The molecule has 0 saturated heterocycles. The Labute approximate surface area is 76.6 Å². The summed E-state index contributed by atoms with van der Waals surface area (Å²) in [7, 11) is -1.83. The summed E-state index contributed by atoms with van der Waals surface area (Å²) in [6.07, 6.45) is -0.598. The van der Waals surface area contributed by atoms with Gasteiger partial charge in [-0.3, -0.25) is 0 Å². The first-order valence-electron chi connectivity index (χ1n) is 3.90. The molecule has 5 heteroatoms. The maximum absolute atomic E-state index is 9.20. The highest BCUT2D eigenvalue weighted by Gasteiger charge is 2.11. The molecule has 1 aromatic carbocycles. The first kappa shape index (κ1) is 10.0. The van der Waals surface area contributed by atoms with Crippen molar-refractivity contribution in [3.63, 3.8) is 0 Å². The average Bonchev–Trinajstić information content (AvgIpc) is 2.03. The number of hydrogen-bond donors (Lipinski definition) is 3. The predicted molar refractivity (Wildman–Crippen MR) is 47.9 cm³/mol.